The normalized spacial score (nSPS) is 17.1. The molecule has 0 unspecified atom stereocenters. The van der Waals surface area contributed by atoms with Crippen LogP contribution in [0.2, 0.25) is 0 Å². The number of aromatic nitrogens is 2. The van der Waals surface area contributed by atoms with E-state index in [2.05, 4.69) is 21.9 Å². The highest BCUT2D eigenvalue weighted by Crippen LogP contribution is 2.27. The zero-order valence-electron chi connectivity index (χ0n) is 11.3. The largest absolute Gasteiger partial charge is 0.494 e. The third kappa shape index (κ3) is 1.98. The fourth-order valence-corrected chi connectivity index (χ4v) is 2.54. The van der Waals surface area contributed by atoms with Crippen LogP contribution in [0.5, 0.6) is 5.75 Å². The Bertz CT molecular complexity index is 586. The molecule has 0 saturated carbocycles. The van der Waals surface area contributed by atoms with Gasteiger partial charge in [0, 0.05) is 26.2 Å². The van der Waals surface area contributed by atoms with E-state index in [-0.39, 0.29) is 0 Å². The van der Waals surface area contributed by atoms with Gasteiger partial charge in [0.25, 0.3) is 0 Å². The van der Waals surface area contributed by atoms with Crippen LogP contribution < -0.4 is 15.5 Å². The van der Waals surface area contributed by atoms with E-state index in [4.69, 9.17) is 10.5 Å². The number of likely N-dealkylation sites (N-methyl/N-ethyl adjacent to an activating group) is 1. The summed E-state index contributed by atoms with van der Waals surface area (Å²) in [7, 11) is 3.79. The van der Waals surface area contributed by atoms with Gasteiger partial charge < -0.3 is 20.4 Å². The van der Waals surface area contributed by atoms with E-state index in [1.165, 1.54) is 0 Å². The number of rotatable bonds is 2. The van der Waals surface area contributed by atoms with Gasteiger partial charge in [0.1, 0.15) is 11.3 Å². The van der Waals surface area contributed by atoms with Gasteiger partial charge in [0.15, 0.2) is 0 Å². The number of imidazole rings is 1. The van der Waals surface area contributed by atoms with Crippen LogP contribution in [0, 0.1) is 0 Å². The fraction of sp³-hybridized carbons (Fsp3) is 0.462. The van der Waals surface area contributed by atoms with E-state index in [0.29, 0.717) is 5.95 Å². The van der Waals surface area contributed by atoms with Crippen molar-refractivity contribution >= 4 is 17.0 Å². The molecule has 6 heteroatoms. The molecule has 0 radical (unpaired) electrons. The van der Waals surface area contributed by atoms with E-state index in [1.807, 2.05) is 22.9 Å². The molecule has 102 valence electrons. The second kappa shape index (κ2) is 4.62. The van der Waals surface area contributed by atoms with Crippen molar-refractivity contribution < 1.29 is 4.74 Å². The average Bonchev–Trinajstić information content (AvgIpc) is 2.76. The lowest BCUT2D eigenvalue weighted by molar-refractivity contribution is 0.290. The van der Waals surface area contributed by atoms with E-state index < -0.39 is 0 Å². The Balaban J connectivity index is 2.06. The van der Waals surface area contributed by atoms with Crippen LogP contribution in [0.1, 0.15) is 0 Å². The van der Waals surface area contributed by atoms with Gasteiger partial charge in [-0.15, -0.1) is 0 Å². The highest BCUT2D eigenvalue weighted by Gasteiger charge is 2.20. The monoisotopic (exact) mass is 261 g/mol. The summed E-state index contributed by atoms with van der Waals surface area (Å²) in [4.78, 5) is 6.75. The van der Waals surface area contributed by atoms with Crippen LogP contribution in [0.15, 0.2) is 18.2 Å². The van der Waals surface area contributed by atoms with Crippen molar-refractivity contribution in [2.24, 2.45) is 0 Å². The number of methoxy groups -OCH3 is 1. The topological polar surface area (TPSA) is 59.6 Å². The van der Waals surface area contributed by atoms with Gasteiger partial charge in [-0.2, -0.15) is 0 Å². The van der Waals surface area contributed by atoms with Crippen LogP contribution in [-0.4, -0.2) is 54.9 Å². The first-order valence-corrected chi connectivity index (χ1v) is 6.45. The molecule has 1 aliphatic heterocycles. The zero-order chi connectivity index (χ0) is 13.4. The molecule has 0 aliphatic carbocycles. The third-order valence-corrected chi connectivity index (χ3v) is 3.63. The number of hydrogen-bond acceptors (Lipinski definition) is 5. The number of hydrogen-bond donors (Lipinski definition) is 1. The molecule has 0 amide bonds. The molecule has 0 atom stereocenters. The molecule has 1 aromatic heterocycles. The number of piperazine rings is 1. The Kier molecular flexibility index (Phi) is 2.94. The standard InChI is InChI=1S/C13H19N5O/c1-16-6-8-17(9-7-16)18-10-4-3-5-11(19-2)12(10)15-13(18)14/h3-5H,6-9H2,1-2H3,(H2,14,15). The van der Waals surface area contributed by atoms with Crippen LogP contribution in [0.25, 0.3) is 11.0 Å². The number of ether oxygens (including phenoxy) is 1. The average molecular weight is 261 g/mol. The summed E-state index contributed by atoms with van der Waals surface area (Å²) >= 11 is 0. The molecule has 2 heterocycles. The maximum atomic E-state index is 6.08. The Morgan fingerprint density at radius 1 is 1.21 bits per heavy atom. The van der Waals surface area contributed by atoms with Gasteiger partial charge in [-0.1, -0.05) is 6.07 Å². The number of benzene rings is 1. The Morgan fingerprint density at radius 3 is 2.63 bits per heavy atom. The van der Waals surface area contributed by atoms with Crippen LogP contribution in [0.3, 0.4) is 0 Å². The molecule has 3 rings (SSSR count). The summed E-state index contributed by atoms with van der Waals surface area (Å²) in [6, 6.07) is 5.90. The molecule has 1 aliphatic rings. The second-order valence-electron chi connectivity index (χ2n) is 4.87. The lowest BCUT2D eigenvalue weighted by Crippen LogP contribution is -2.50. The van der Waals surface area contributed by atoms with Crippen molar-refractivity contribution in [3.8, 4) is 5.75 Å². The van der Waals surface area contributed by atoms with Gasteiger partial charge in [0.2, 0.25) is 5.95 Å². The zero-order valence-corrected chi connectivity index (χ0v) is 11.3. The number of nitrogens with zero attached hydrogens (tertiary/aromatic N) is 4. The summed E-state index contributed by atoms with van der Waals surface area (Å²) in [6.45, 7) is 3.96. The van der Waals surface area contributed by atoms with E-state index in [9.17, 15) is 0 Å². The third-order valence-electron chi connectivity index (χ3n) is 3.63. The summed E-state index contributed by atoms with van der Waals surface area (Å²) < 4.78 is 7.35. The van der Waals surface area contributed by atoms with Crippen LogP contribution in [0.4, 0.5) is 5.95 Å². The molecule has 19 heavy (non-hydrogen) atoms. The lowest BCUT2D eigenvalue weighted by atomic mass is 10.3. The Hall–Kier alpha value is -1.95. The quantitative estimate of drug-likeness (QED) is 0.853. The predicted octanol–water partition coefficient (Wildman–Crippen LogP) is 0.510. The van der Waals surface area contributed by atoms with Gasteiger partial charge in [-0.3, -0.25) is 0 Å². The van der Waals surface area contributed by atoms with Crippen molar-refractivity contribution in [3.63, 3.8) is 0 Å². The number of para-hydroxylation sites is 1. The first-order chi connectivity index (χ1) is 9.20. The van der Waals surface area contributed by atoms with Gasteiger partial charge in [-0.25, -0.2) is 9.66 Å². The maximum absolute atomic E-state index is 6.08. The van der Waals surface area contributed by atoms with E-state index in [1.54, 1.807) is 7.11 Å². The van der Waals surface area contributed by atoms with Gasteiger partial charge in [0.05, 0.1) is 12.6 Å². The summed E-state index contributed by atoms with van der Waals surface area (Å²) in [6.07, 6.45) is 0. The fourth-order valence-electron chi connectivity index (χ4n) is 2.54. The van der Waals surface area contributed by atoms with Crippen molar-refractivity contribution in [1.29, 1.82) is 0 Å². The molecule has 2 aromatic rings. The number of anilines is 1. The molecular formula is C13H19N5O. The van der Waals surface area contributed by atoms with Crippen molar-refractivity contribution in [2.75, 3.05) is 51.1 Å². The molecule has 1 fully saturated rings. The van der Waals surface area contributed by atoms with Crippen LogP contribution >= 0.6 is 0 Å². The first-order valence-electron chi connectivity index (χ1n) is 6.45. The predicted molar refractivity (Wildman–Crippen MR) is 76.1 cm³/mol. The molecule has 6 nitrogen and oxygen atoms in total. The van der Waals surface area contributed by atoms with Gasteiger partial charge in [-0.05, 0) is 19.2 Å². The molecule has 0 bridgehead atoms. The molecule has 2 N–H and O–H groups in total. The smallest absolute Gasteiger partial charge is 0.220 e. The number of nitrogens with two attached hydrogens (primary N) is 1. The summed E-state index contributed by atoms with van der Waals surface area (Å²) in [5.74, 6) is 1.28. The van der Waals surface area contributed by atoms with Crippen molar-refractivity contribution in [2.45, 2.75) is 0 Å². The highest BCUT2D eigenvalue weighted by molar-refractivity contribution is 5.84. The Labute approximate surface area is 112 Å². The highest BCUT2D eigenvalue weighted by atomic mass is 16.5. The van der Waals surface area contributed by atoms with E-state index >= 15 is 0 Å². The lowest BCUT2D eigenvalue weighted by Gasteiger charge is -2.35. The second-order valence-corrected chi connectivity index (χ2v) is 4.87. The minimum atomic E-state index is 0.518. The van der Waals surface area contributed by atoms with Gasteiger partial charge >= 0.3 is 0 Å². The summed E-state index contributed by atoms with van der Waals surface area (Å²) in [5, 5.41) is 2.24. The number of nitrogen functional groups attached to an aromatic ring is 1. The maximum Gasteiger partial charge on any atom is 0.220 e. The van der Waals surface area contributed by atoms with E-state index in [0.717, 1.165) is 43.0 Å². The SMILES string of the molecule is COc1cccc2c1nc(N)n2N1CCN(C)CC1. The molecular weight excluding hydrogens is 242 g/mol. The van der Waals surface area contributed by atoms with Crippen LogP contribution in [-0.2, 0) is 0 Å². The molecule has 1 saturated heterocycles. The minimum Gasteiger partial charge on any atom is -0.494 e. The molecule has 1 aromatic carbocycles. The molecule has 0 spiro atoms. The Morgan fingerprint density at radius 2 is 1.95 bits per heavy atom. The summed E-state index contributed by atoms with van der Waals surface area (Å²) in [5.41, 5.74) is 7.91. The minimum absolute atomic E-state index is 0.518. The van der Waals surface area contributed by atoms with Crippen molar-refractivity contribution in [3.05, 3.63) is 18.2 Å². The van der Waals surface area contributed by atoms with Crippen molar-refractivity contribution in [1.82, 2.24) is 14.6 Å². The number of fused-ring (bicyclic) bond motifs is 1. The first kappa shape index (κ1) is 12.1.